The van der Waals surface area contributed by atoms with Gasteiger partial charge in [0.1, 0.15) is 18.2 Å². The SMILES string of the molecule is COC(=O)c1ccc(COC(=O)/C(C#N)=C/c2ccc(N(C)C)cc2)cc1. The number of nitriles is 1. The lowest BCUT2D eigenvalue weighted by molar-refractivity contribution is -0.139. The van der Waals surface area contributed by atoms with E-state index in [1.807, 2.05) is 49.3 Å². The second kappa shape index (κ2) is 9.20. The molecule has 0 saturated carbocycles. The molecule has 0 bridgehead atoms. The van der Waals surface area contributed by atoms with Crippen molar-refractivity contribution in [1.29, 1.82) is 5.26 Å². The molecule has 2 aromatic rings. The van der Waals surface area contributed by atoms with E-state index in [0.717, 1.165) is 11.3 Å². The maximum absolute atomic E-state index is 12.2. The van der Waals surface area contributed by atoms with Crippen LogP contribution in [0.2, 0.25) is 0 Å². The second-order valence-electron chi connectivity index (χ2n) is 5.92. The minimum absolute atomic E-state index is 0.00112. The van der Waals surface area contributed by atoms with Gasteiger partial charge in [0.2, 0.25) is 0 Å². The summed E-state index contributed by atoms with van der Waals surface area (Å²) in [4.78, 5) is 25.5. The molecule has 0 aliphatic carbocycles. The maximum Gasteiger partial charge on any atom is 0.349 e. The quantitative estimate of drug-likeness (QED) is 0.445. The summed E-state index contributed by atoms with van der Waals surface area (Å²) in [5.41, 5.74) is 2.77. The van der Waals surface area contributed by atoms with Crippen LogP contribution >= 0.6 is 0 Å². The predicted octanol–water partition coefficient (Wildman–Crippen LogP) is 3.19. The topological polar surface area (TPSA) is 79.6 Å². The number of ether oxygens (including phenoxy) is 2. The van der Waals surface area contributed by atoms with Crippen molar-refractivity contribution in [2.75, 3.05) is 26.1 Å². The van der Waals surface area contributed by atoms with Crippen molar-refractivity contribution >= 4 is 23.7 Å². The molecule has 2 aromatic carbocycles. The van der Waals surface area contributed by atoms with E-state index in [4.69, 9.17) is 4.74 Å². The van der Waals surface area contributed by atoms with Crippen LogP contribution in [0.4, 0.5) is 5.69 Å². The third-order valence-corrected chi connectivity index (χ3v) is 3.81. The number of hydrogen-bond acceptors (Lipinski definition) is 6. The first-order chi connectivity index (χ1) is 12.9. The highest BCUT2D eigenvalue weighted by Crippen LogP contribution is 2.15. The Bertz CT molecular complexity index is 876. The molecule has 0 amide bonds. The van der Waals surface area contributed by atoms with E-state index >= 15 is 0 Å². The molecule has 0 atom stereocenters. The third kappa shape index (κ3) is 5.44. The van der Waals surface area contributed by atoms with Crippen LogP contribution in [0.5, 0.6) is 0 Å². The van der Waals surface area contributed by atoms with Gasteiger partial charge in [-0.25, -0.2) is 9.59 Å². The highest BCUT2D eigenvalue weighted by Gasteiger charge is 2.12. The second-order valence-corrected chi connectivity index (χ2v) is 5.92. The molecule has 6 heteroatoms. The summed E-state index contributed by atoms with van der Waals surface area (Å²) in [5, 5.41) is 9.24. The molecule has 0 spiro atoms. The fourth-order valence-corrected chi connectivity index (χ4v) is 2.25. The molecule has 0 fully saturated rings. The fourth-order valence-electron chi connectivity index (χ4n) is 2.25. The summed E-state index contributed by atoms with van der Waals surface area (Å²) in [5.74, 6) is -1.14. The van der Waals surface area contributed by atoms with Gasteiger partial charge in [0.05, 0.1) is 12.7 Å². The van der Waals surface area contributed by atoms with Crippen LogP contribution in [0, 0.1) is 11.3 Å². The smallest absolute Gasteiger partial charge is 0.349 e. The number of carbonyl (C=O) groups excluding carboxylic acids is 2. The molecule has 6 nitrogen and oxygen atoms in total. The number of benzene rings is 2. The average molecular weight is 364 g/mol. The van der Waals surface area contributed by atoms with Gasteiger partial charge in [-0.2, -0.15) is 5.26 Å². The molecule has 27 heavy (non-hydrogen) atoms. The Morgan fingerprint density at radius 1 is 1.07 bits per heavy atom. The number of anilines is 1. The van der Waals surface area contributed by atoms with Crippen molar-refractivity contribution in [3.63, 3.8) is 0 Å². The minimum Gasteiger partial charge on any atom is -0.465 e. The van der Waals surface area contributed by atoms with Gasteiger partial charge < -0.3 is 14.4 Å². The lowest BCUT2D eigenvalue weighted by Crippen LogP contribution is -2.08. The van der Waals surface area contributed by atoms with E-state index in [2.05, 4.69) is 4.74 Å². The van der Waals surface area contributed by atoms with Gasteiger partial charge in [-0.05, 0) is 41.5 Å². The zero-order valence-electron chi connectivity index (χ0n) is 15.4. The standard InChI is InChI=1S/C21H20N2O4/c1-23(2)19-10-6-15(7-11-19)12-18(13-22)21(25)27-14-16-4-8-17(9-5-16)20(24)26-3/h4-12H,14H2,1-3H3/b18-12+. The van der Waals surface area contributed by atoms with Crippen LogP contribution < -0.4 is 4.90 Å². The minimum atomic E-state index is -0.703. The number of carbonyl (C=O) groups is 2. The summed E-state index contributed by atoms with van der Waals surface area (Å²) < 4.78 is 9.81. The first kappa shape index (κ1) is 19.7. The third-order valence-electron chi connectivity index (χ3n) is 3.81. The Morgan fingerprint density at radius 3 is 2.22 bits per heavy atom. The molecular weight excluding hydrogens is 344 g/mol. The Morgan fingerprint density at radius 2 is 1.70 bits per heavy atom. The fraction of sp³-hybridized carbons (Fsp3) is 0.190. The highest BCUT2D eigenvalue weighted by atomic mass is 16.5. The Hall–Kier alpha value is -3.59. The molecule has 0 saturated heterocycles. The van der Waals surface area contributed by atoms with E-state index in [0.29, 0.717) is 11.1 Å². The van der Waals surface area contributed by atoms with Crippen LogP contribution in [0.15, 0.2) is 54.1 Å². The Labute approximate surface area is 158 Å². The number of esters is 2. The molecule has 0 heterocycles. The lowest BCUT2D eigenvalue weighted by Gasteiger charge is -2.11. The van der Waals surface area contributed by atoms with E-state index in [-0.39, 0.29) is 12.2 Å². The first-order valence-electron chi connectivity index (χ1n) is 8.18. The van der Waals surface area contributed by atoms with Crippen molar-refractivity contribution in [2.45, 2.75) is 6.61 Å². The molecule has 2 rings (SSSR count). The zero-order valence-corrected chi connectivity index (χ0v) is 15.4. The molecule has 138 valence electrons. The molecule has 0 aliphatic heterocycles. The van der Waals surface area contributed by atoms with E-state index in [1.54, 1.807) is 24.3 Å². The van der Waals surface area contributed by atoms with E-state index in [1.165, 1.54) is 13.2 Å². The number of methoxy groups -OCH3 is 1. The van der Waals surface area contributed by atoms with Crippen LogP contribution in [0.3, 0.4) is 0 Å². The molecule has 0 aromatic heterocycles. The summed E-state index contributed by atoms with van der Waals surface area (Å²) in [6.07, 6.45) is 1.49. The first-order valence-corrected chi connectivity index (χ1v) is 8.18. The van der Waals surface area contributed by atoms with Crippen LogP contribution in [0.25, 0.3) is 6.08 Å². The summed E-state index contributed by atoms with van der Waals surface area (Å²) >= 11 is 0. The van der Waals surface area contributed by atoms with Gasteiger partial charge in [-0.3, -0.25) is 0 Å². The molecule has 0 N–H and O–H groups in total. The molecule has 0 radical (unpaired) electrons. The summed E-state index contributed by atoms with van der Waals surface area (Å²) in [7, 11) is 5.17. The lowest BCUT2D eigenvalue weighted by atomic mass is 10.1. The zero-order chi connectivity index (χ0) is 19.8. The molecule has 0 aliphatic rings. The number of hydrogen-bond donors (Lipinski definition) is 0. The number of nitrogens with zero attached hydrogens (tertiary/aromatic N) is 2. The Kier molecular flexibility index (Phi) is 6.73. The van der Waals surface area contributed by atoms with Crippen LogP contribution in [-0.2, 0) is 20.9 Å². The molecule has 0 unspecified atom stereocenters. The summed E-state index contributed by atoms with van der Waals surface area (Å²) in [6.45, 7) is -0.00112. The van der Waals surface area contributed by atoms with Crippen molar-refractivity contribution in [1.82, 2.24) is 0 Å². The van der Waals surface area contributed by atoms with Gasteiger partial charge in [0, 0.05) is 19.8 Å². The monoisotopic (exact) mass is 364 g/mol. The van der Waals surface area contributed by atoms with Crippen molar-refractivity contribution < 1.29 is 19.1 Å². The van der Waals surface area contributed by atoms with Crippen LogP contribution in [-0.4, -0.2) is 33.1 Å². The van der Waals surface area contributed by atoms with Gasteiger partial charge in [0.15, 0.2) is 0 Å². The van der Waals surface area contributed by atoms with Gasteiger partial charge in [0.25, 0.3) is 0 Å². The highest BCUT2D eigenvalue weighted by molar-refractivity contribution is 5.97. The van der Waals surface area contributed by atoms with Crippen molar-refractivity contribution in [3.8, 4) is 6.07 Å². The van der Waals surface area contributed by atoms with Crippen molar-refractivity contribution in [2.24, 2.45) is 0 Å². The summed E-state index contributed by atoms with van der Waals surface area (Å²) in [6, 6.07) is 15.8. The number of rotatable bonds is 6. The Balaban J connectivity index is 2.02. The van der Waals surface area contributed by atoms with Crippen molar-refractivity contribution in [3.05, 3.63) is 70.8 Å². The van der Waals surface area contributed by atoms with E-state index in [9.17, 15) is 14.9 Å². The van der Waals surface area contributed by atoms with Gasteiger partial charge in [-0.1, -0.05) is 24.3 Å². The van der Waals surface area contributed by atoms with E-state index < -0.39 is 11.9 Å². The maximum atomic E-state index is 12.2. The van der Waals surface area contributed by atoms with Gasteiger partial charge >= 0.3 is 11.9 Å². The molecular formula is C21H20N2O4. The predicted molar refractivity (Wildman–Crippen MR) is 102 cm³/mol. The normalized spacial score (nSPS) is 10.7. The van der Waals surface area contributed by atoms with Crippen LogP contribution in [0.1, 0.15) is 21.5 Å². The largest absolute Gasteiger partial charge is 0.465 e. The van der Waals surface area contributed by atoms with Gasteiger partial charge in [-0.15, -0.1) is 0 Å². The average Bonchev–Trinajstić information content (AvgIpc) is 2.70.